The molecule has 0 N–H and O–H groups in total. The molecule has 0 atom stereocenters. The van der Waals surface area contributed by atoms with Crippen molar-refractivity contribution in [3.63, 3.8) is 0 Å². The average molecular weight is 261 g/mol. The first-order chi connectivity index (χ1) is 9.38. The lowest BCUT2D eigenvalue weighted by atomic mass is 10.1. The summed E-state index contributed by atoms with van der Waals surface area (Å²) >= 11 is 1.72. The van der Waals surface area contributed by atoms with Gasteiger partial charge in [0.15, 0.2) is 0 Å². The molecular formula is C17H11NS. The summed E-state index contributed by atoms with van der Waals surface area (Å²) in [5.74, 6) is 0. The lowest BCUT2D eigenvalue weighted by Crippen LogP contribution is -1.79. The van der Waals surface area contributed by atoms with Crippen LogP contribution in [-0.2, 0) is 0 Å². The van der Waals surface area contributed by atoms with Crippen molar-refractivity contribution in [3.05, 3.63) is 72.3 Å². The zero-order chi connectivity index (χ0) is 13.1. The van der Waals surface area contributed by atoms with Gasteiger partial charge in [-0.05, 0) is 23.8 Å². The van der Waals surface area contributed by atoms with Gasteiger partial charge in [-0.25, -0.2) is 0 Å². The minimum Gasteiger partial charge on any atom is -0.192 e. The van der Waals surface area contributed by atoms with E-state index in [9.17, 15) is 0 Å². The van der Waals surface area contributed by atoms with Crippen molar-refractivity contribution in [2.45, 2.75) is 0 Å². The molecule has 0 saturated carbocycles. The van der Waals surface area contributed by atoms with E-state index in [1.54, 1.807) is 11.3 Å². The first-order valence-corrected chi connectivity index (χ1v) is 6.85. The Bertz CT molecular complexity index is 735. The van der Waals surface area contributed by atoms with Gasteiger partial charge in [0.1, 0.15) is 0 Å². The second-order valence-electron chi connectivity index (χ2n) is 4.19. The Morgan fingerprint density at radius 1 is 0.737 bits per heavy atom. The van der Waals surface area contributed by atoms with Crippen molar-refractivity contribution in [3.8, 4) is 27.0 Å². The molecule has 0 fully saturated rings. The summed E-state index contributed by atoms with van der Waals surface area (Å²) in [4.78, 5) is 2.36. The molecule has 3 aromatic rings. The third kappa shape index (κ3) is 2.29. The number of benzene rings is 2. The zero-order valence-electron chi connectivity index (χ0n) is 10.2. The number of nitrogens with zero attached hydrogens (tertiary/aromatic N) is 1. The molecule has 1 aromatic heterocycles. The first-order valence-electron chi connectivity index (χ1n) is 6.03. The molecule has 2 aromatic carbocycles. The fourth-order valence-corrected chi connectivity index (χ4v) is 3.09. The molecule has 0 radical (unpaired) electrons. The van der Waals surface area contributed by atoms with Gasteiger partial charge in [-0.3, -0.25) is 0 Å². The first kappa shape index (κ1) is 11.7. The molecule has 0 unspecified atom stereocenters. The van der Waals surface area contributed by atoms with E-state index in [0.717, 1.165) is 16.0 Å². The van der Waals surface area contributed by atoms with Crippen molar-refractivity contribution in [2.24, 2.45) is 0 Å². The van der Waals surface area contributed by atoms with Crippen LogP contribution < -0.4 is 0 Å². The number of hydrogen-bond donors (Lipinski definition) is 0. The molecule has 1 nitrogen and oxygen atoms in total. The van der Waals surface area contributed by atoms with E-state index in [2.05, 4.69) is 30.3 Å². The van der Waals surface area contributed by atoms with Crippen LogP contribution in [0.4, 0.5) is 0 Å². The highest BCUT2D eigenvalue weighted by molar-refractivity contribution is 7.18. The summed E-state index contributed by atoms with van der Waals surface area (Å²) < 4.78 is 0. The number of hydrogen-bond acceptors (Lipinski definition) is 2. The highest BCUT2D eigenvalue weighted by Crippen LogP contribution is 2.35. The molecule has 90 valence electrons. The minimum atomic E-state index is 0.726. The molecule has 0 aliphatic carbocycles. The van der Waals surface area contributed by atoms with Crippen LogP contribution in [0.1, 0.15) is 5.56 Å². The van der Waals surface area contributed by atoms with Gasteiger partial charge in [-0.1, -0.05) is 48.5 Å². The van der Waals surface area contributed by atoms with Crippen LogP contribution in [0.15, 0.2) is 66.7 Å². The van der Waals surface area contributed by atoms with E-state index in [1.165, 1.54) is 10.4 Å². The lowest BCUT2D eigenvalue weighted by Gasteiger charge is -1.99. The van der Waals surface area contributed by atoms with Crippen LogP contribution in [0, 0.1) is 11.3 Å². The van der Waals surface area contributed by atoms with Crippen LogP contribution in [0.2, 0.25) is 0 Å². The van der Waals surface area contributed by atoms with Crippen LogP contribution in [0.25, 0.3) is 20.9 Å². The van der Waals surface area contributed by atoms with Gasteiger partial charge < -0.3 is 0 Å². The van der Waals surface area contributed by atoms with Crippen LogP contribution in [0.3, 0.4) is 0 Å². The molecule has 19 heavy (non-hydrogen) atoms. The second kappa shape index (κ2) is 5.09. The van der Waals surface area contributed by atoms with Gasteiger partial charge in [0.25, 0.3) is 0 Å². The Morgan fingerprint density at radius 3 is 2.21 bits per heavy atom. The zero-order valence-corrected chi connectivity index (χ0v) is 11.0. The standard InChI is InChI=1S/C17H11NS/c18-12-14-8-4-5-9-15(14)17-11-10-16(19-17)13-6-2-1-3-7-13/h1-11H. The molecule has 1 heterocycles. The van der Waals surface area contributed by atoms with Crippen molar-refractivity contribution < 1.29 is 0 Å². The Kier molecular flexibility index (Phi) is 3.14. The summed E-state index contributed by atoms with van der Waals surface area (Å²) in [6.07, 6.45) is 0. The maximum absolute atomic E-state index is 9.16. The van der Waals surface area contributed by atoms with E-state index < -0.39 is 0 Å². The van der Waals surface area contributed by atoms with Crippen molar-refractivity contribution in [2.75, 3.05) is 0 Å². The number of nitriles is 1. The minimum absolute atomic E-state index is 0.726. The molecular weight excluding hydrogens is 250 g/mol. The highest BCUT2D eigenvalue weighted by atomic mass is 32.1. The monoisotopic (exact) mass is 261 g/mol. The summed E-state index contributed by atoms with van der Waals surface area (Å²) in [5.41, 5.74) is 2.95. The molecule has 0 spiro atoms. The molecule has 0 amide bonds. The Labute approximate surface area is 116 Å². The Hall–Kier alpha value is -2.37. The molecule has 0 saturated heterocycles. The van der Waals surface area contributed by atoms with E-state index in [-0.39, 0.29) is 0 Å². The quantitative estimate of drug-likeness (QED) is 0.640. The summed E-state index contributed by atoms with van der Waals surface area (Å²) in [6.45, 7) is 0. The molecule has 3 rings (SSSR count). The van der Waals surface area contributed by atoms with Crippen molar-refractivity contribution in [1.82, 2.24) is 0 Å². The van der Waals surface area contributed by atoms with Gasteiger partial charge in [-0.15, -0.1) is 11.3 Å². The predicted octanol–water partition coefficient (Wildman–Crippen LogP) is 4.95. The van der Waals surface area contributed by atoms with E-state index in [1.807, 2.05) is 42.5 Å². The normalized spacial score (nSPS) is 10.1. The summed E-state index contributed by atoms with van der Waals surface area (Å²) in [5, 5.41) is 9.16. The van der Waals surface area contributed by atoms with Crippen molar-refractivity contribution in [1.29, 1.82) is 5.26 Å². The SMILES string of the molecule is N#Cc1ccccc1-c1ccc(-c2ccccc2)s1. The van der Waals surface area contributed by atoms with Crippen LogP contribution in [-0.4, -0.2) is 0 Å². The summed E-state index contributed by atoms with van der Waals surface area (Å²) in [7, 11) is 0. The van der Waals surface area contributed by atoms with E-state index in [0.29, 0.717) is 0 Å². The average Bonchev–Trinajstić information content (AvgIpc) is 2.98. The fourth-order valence-electron chi connectivity index (χ4n) is 2.04. The number of rotatable bonds is 2. The topological polar surface area (TPSA) is 23.8 Å². The molecule has 0 aliphatic heterocycles. The van der Waals surface area contributed by atoms with E-state index >= 15 is 0 Å². The third-order valence-corrected chi connectivity index (χ3v) is 4.14. The van der Waals surface area contributed by atoms with Crippen LogP contribution in [0.5, 0.6) is 0 Å². The Morgan fingerprint density at radius 2 is 1.42 bits per heavy atom. The smallest absolute Gasteiger partial charge is 0.0998 e. The van der Waals surface area contributed by atoms with Crippen LogP contribution >= 0.6 is 11.3 Å². The second-order valence-corrected chi connectivity index (χ2v) is 5.27. The Balaban J connectivity index is 2.05. The largest absolute Gasteiger partial charge is 0.192 e. The molecule has 0 bridgehead atoms. The molecule has 0 aliphatic rings. The highest BCUT2D eigenvalue weighted by Gasteiger charge is 2.08. The lowest BCUT2D eigenvalue weighted by molar-refractivity contribution is 1.49. The van der Waals surface area contributed by atoms with Gasteiger partial charge in [-0.2, -0.15) is 5.26 Å². The fraction of sp³-hybridized carbons (Fsp3) is 0. The maximum Gasteiger partial charge on any atom is 0.0998 e. The number of thiophene rings is 1. The maximum atomic E-state index is 9.16. The van der Waals surface area contributed by atoms with Gasteiger partial charge in [0, 0.05) is 15.3 Å². The van der Waals surface area contributed by atoms with Gasteiger partial charge in [0.05, 0.1) is 11.6 Å². The third-order valence-electron chi connectivity index (χ3n) is 2.98. The van der Waals surface area contributed by atoms with Gasteiger partial charge in [0.2, 0.25) is 0 Å². The molecule has 2 heteroatoms. The predicted molar refractivity (Wildman–Crippen MR) is 79.9 cm³/mol. The van der Waals surface area contributed by atoms with Crippen molar-refractivity contribution >= 4 is 11.3 Å². The van der Waals surface area contributed by atoms with Gasteiger partial charge >= 0.3 is 0 Å². The summed E-state index contributed by atoms with van der Waals surface area (Å²) in [6, 6.07) is 24.5. The van der Waals surface area contributed by atoms with E-state index in [4.69, 9.17) is 5.26 Å².